The largest absolute Gasteiger partial charge is 0.497 e. The summed E-state index contributed by atoms with van der Waals surface area (Å²) in [7, 11) is 1.62. The van der Waals surface area contributed by atoms with Crippen molar-refractivity contribution in [2.45, 2.75) is 20.3 Å². The Morgan fingerprint density at radius 3 is 2.15 bits per heavy atom. The Labute approximate surface area is 117 Å². The van der Waals surface area contributed by atoms with Crippen molar-refractivity contribution in [3.8, 4) is 5.75 Å². The highest BCUT2D eigenvalue weighted by atomic mass is 16.5. The molecule has 5 heteroatoms. The Bertz CT molecular complexity index is 613. The van der Waals surface area contributed by atoms with Crippen molar-refractivity contribution in [3.63, 3.8) is 0 Å². The maximum Gasteiger partial charge on any atom is 0.339 e. The maximum absolute atomic E-state index is 11.1. The highest BCUT2D eigenvalue weighted by Crippen LogP contribution is 2.15. The molecule has 0 saturated heterocycles. The second-order valence-corrected chi connectivity index (χ2v) is 4.52. The first kappa shape index (κ1) is 14.0. The van der Waals surface area contributed by atoms with Crippen LogP contribution in [0.5, 0.6) is 5.75 Å². The van der Waals surface area contributed by atoms with Crippen molar-refractivity contribution in [1.29, 1.82) is 0 Å². The van der Waals surface area contributed by atoms with Gasteiger partial charge in [-0.1, -0.05) is 12.1 Å². The van der Waals surface area contributed by atoms with E-state index < -0.39 is 5.97 Å². The van der Waals surface area contributed by atoms with Gasteiger partial charge in [-0.3, -0.25) is 0 Å². The van der Waals surface area contributed by atoms with Gasteiger partial charge in [0.15, 0.2) is 0 Å². The number of carbonyl (C=O) groups is 1. The van der Waals surface area contributed by atoms with Crippen LogP contribution >= 0.6 is 0 Å². The molecule has 0 spiro atoms. The second-order valence-electron chi connectivity index (χ2n) is 4.52. The van der Waals surface area contributed by atoms with Crippen LogP contribution < -0.4 is 4.74 Å². The number of aromatic nitrogens is 2. The number of carboxylic acids is 1. The van der Waals surface area contributed by atoms with E-state index in [9.17, 15) is 4.79 Å². The lowest BCUT2D eigenvalue weighted by Gasteiger charge is -2.08. The summed E-state index contributed by atoms with van der Waals surface area (Å²) in [5.74, 6) is 0.425. The number of aromatic carboxylic acids is 1. The van der Waals surface area contributed by atoms with E-state index in [0.29, 0.717) is 23.6 Å². The molecule has 20 heavy (non-hydrogen) atoms. The molecule has 0 aliphatic carbocycles. The monoisotopic (exact) mass is 272 g/mol. The third-order valence-corrected chi connectivity index (χ3v) is 3.05. The van der Waals surface area contributed by atoms with Crippen LogP contribution in [0.25, 0.3) is 0 Å². The summed E-state index contributed by atoms with van der Waals surface area (Å²) in [6, 6.07) is 7.64. The van der Waals surface area contributed by atoms with Gasteiger partial charge in [0.25, 0.3) is 0 Å². The van der Waals surface area contributed by atoms with Crippen LogP contribution in [-0.2, 0) is 6.42 Å². The summed E-state index contributed by atoms with van der Waals surface area (Å²) < 4.78 is 5.10. The van der Waals surface area contributed by atoms with Gasteiger partial charge < -0.3 is 9.84 Å². The molecule has 2 rings (SSSR count). The minimum absolute atomic E-state index is 0.184. The lowest BCUT2D eigenvalue weighted by atomic mass is 10.1. The molecule has 0 aliphatic heterocycles. The third-order valence-electron chi connectivity index (χ3n) is 3.05. The smallest absolute Gasteiger partial charge is 0.339 e. The molecule has 1 N–H and O–H groups in total. The van der Waals surface area contributed by atoms with E-state index in [-0.39, 0.29) is 5.56 Å². The molecular weight excluding hydrogens is 256 g/mol. The fraction of sp³-hybridized carbons (Fsp3) is 0.267. The minimum atomic E-state index is -0.990. The van der Waals surface area contributed by atoms with Crippen molar-refractivity contribution in [2.24, 2.45) is 0 Å². The third kappa shape index (κ3) is 2.93. The Kier molecular flexibility index (Phi) is 3.98. The molecule has 2 aromatic rings. The average Bonchev–Trinajstić information content (AvgIpc) is 2.38. The van der Waals surface area contributed by atoms with Gasteiger partial charge in [0.1, 0.15) is 17.1 Å². The fourth-order valence-corrected chi connectivity index (χ4v) is 2.10. The summed E-state index contributed by atoms with van der Waals surface area (Å²) in [5, 5.41) is 9.09. The van der Waals surface area contributed by atoms with Gasteiger partial charge in [-0.25, -0.2) is 14.8 Å². The highest BCUT2D eigenvalue weighted by molar-refractivity contribution is 5.89. The Morgan fingerprint density at radius 2 is 1.70 bits per heavy atom. The molecule has 0 fully saturated rings. The standard InChI is InChI=1S/C15H16N2O3/c1-9-14(15(18)19)10(2)17-13(16-9)8-11-4-6-12(20-3)7-5-11/h4-7H,8H2,1-3H3,(H,18,19). The first-order chi connectivity index (χ1) is 9.51. The van der Waals surface area contributed by atoms with Crippen molar-refractivity contribution >= 4 is 5.97 Å². The van der Waals surface area contributed by atoms with Gasteiger partial charge in [0.05, 0.1) is 18.5 Å². The molecule has 5 nitrogen and oxygen atoms in total. The van der Waals surface area contributed by atoms with Crippen molar-refractivity contribution in [2.75, 3.05) is 7.11 Å². The molecule has 104 valence electrons. The van der Waals surface area contributed by atoms with Gasteiger partial charge in [-0.2, -0.15) is 0 Å². The first-order valence-corrected chi connectivity index (χ1v) is 6.21. The molecule has 0 saturated carbocycles. The number of hydrogen-bond acceptors (Lipinski definition) is 4. The zero-order valence-electron chi connectivity index (χ0n) is 11.7. The van der Waals surface area contributed by atoms with Crippen molar-refractivity contribution in [3.05, 3.63) is 52.6 Å². The van der Waals surface area contributed by atoms with Gasteiger partial charge in [0, 0.05) is 6.42 Å². The molecule has 0 amide bonds. The molecule has 0 unspecified atom stereocenters. The zero-order chi connectivity index (χ0) is 14.7. The summed E-state index contributed by atoms with van der Waals surface area (Å²) in [6.07, 6.45) is 0.561. The zero-order valence-corrected chi connectivity index (χ0v) is 11.7. The normalized spacial score (nSPS) is 10.3. The van der Waals surface area contributed by atoms with Gasteiger partial charge >= 0.3 is 5.97 Å². The quantitative estimate of drug-likeness (QED) is 0.925. The van der Waals surface area contributed by atoms with Crippen LogP contribution in [0.3, 0.4) is 0 Å². The summed E-state index contributed by atoms with van der Waals surface area (Å²) in [5.41, 5.74) is 2.22. The lowest BCUT2D eigenvalue weighted by molar-refractivity contribution is 0.0694. The van der Waals surface area contributed by atoms with E-state index in [4.69, 9.17) is 9.84 Å². The number of benzene rings is 1. The van der Waals surface area contributed by atoms with E-state index in [1.54, 1.807) is 21.0 Å². The van der Waals surface area contributed by atoms with Crippen LogP contribution in [0.1, 0.15) is 33.1 Å². The van der Waals surface area contributed by atoms with Gasteiger partial charge in [-0.05, 0) is 31.5 Å². The average molecular weight is 272 g/mol. The van der Waals surface area contributed by atoms with Crippen molar-refractivity contribution in [1.82, 2.24) is 9.97 Å². The number of hydrogen-bond donors (Lipinski definition) is 1. The predicted molar refractivity (Wildman–Crippen MR) is 74.3 cm³/mol. The second kappa shape index (κ2) is 5.69. The Hall–Kier alpha value is -2.43. The van der Waals surface area contributed by atoms with Gasteiger partial charge in [0.2, 0.25) is 0 Å². The number of rotatable bonds is 4. The van der Waals surface area contributed by atoms with E-state index >= 15 is 0 Å². The van der Waals surface area contributed by atoms with Crippen molar-refractivity contribution < 1.29 is 14.6 Å². The number of methoxy groups -OCH3 is 1. The van der Waals surface area contributed by atoms with Crippen LogP contribution in [0.2, 0.25) is 0 Å². The Morgan fingerprint density at radius 1 is 1.15 bits per heavy atom. The highest BCUT2D eigenvalue weighted by Gasteiger charge is 2.14. The fourth-order valence-electron chi connectivity index (χ4n) is 2.10. The van der Waals surface area contributed by atoms with E-state index in [1.807, 2.05) is 24.3 Å². The topological polar surface area (TPSA) is 72.3 Å². The first-order valence-electron chi connectivity index (χ1n) is 6.21. The minimum Gasteiger partial charge on any atom is -0.497 e. The molecule has 0 bridgehead atoms. The lowest BCUT2D eigenvalue weighted by Crippen LogP contribution is -2.10. The number of nitrogens with zero attached hydrogens (tertiary/aromatic N) is 2. The van der Waals surface area contributed by atoms with E-state index in [2.05, 4.69) is 9.97 Å². The SMILES string of the molecule is COc1ccc(Cc2nc(C)c(C(=O)O)c(C)n2)cc1. The molecule has 0 atom stereocenters. The summed E-state index contributed by atoms with van der Waals surface area (Å²) >= 11 is 0. The predicted octanol–water partition coefficient (Wildman–Crippen LogP) is 2.39. The van der Waals surface area contributed by atoms with E-state index in [1.165, 1.54) is 0 Å². The molecule has 1 aromatic heterocycles. The molecule has 0 aliphatic rings. The van der Waals surface area contributed by atoms with Crippen LogP contribution in [0, 0.1) is 13.8 Å². The Balaban J connectivity index is 2.27. The number of carboxylic acid groups (broad SMARTS) is 1. The molecule has 0 radical (unpaired) electrons. The van der Waals surface area contributed by atoms with Crippen LogP contribution in [-0.4, -0.2) is 28.2 Å². The summed E-state index contributed by atoms with van der Waals surface area (Å²) in [4.78, 5) is 19.6. The molecule has 1 heterocycles. The van der Waals surface area contributed by atoms with Gasteiger partial charge in [-0.15, -0.1) is 0 Å². The van der Waals surface area contributed by atoms with E-state index in [0.717, 1.165) is 11.3 Å². The number of ether oxygens (including phenoxy) is 1. The maximum atomic E-state index is 11.1. The molecule has 1 aromatic carbocycles. The van der Waals surface area contributed by atoms with Crippen LogP contribution in [0.4, 0.5) is 0 Å². The number of aryl methyl sites for hydroxylation is 2. The summed E-state index contributed by atoms with van der Waals surface area (Å²) in [6.45, 7) is 3.38. The molecular formula is C15H16N2O3. The van der Waals surface area contributed by atoms with Crippen LogP contribution in [0.15, 0.2) is 24.3 Å².